The van der Waals surface area contributed by atoms with Crippen molar-refractivity contribution in [3.8, 4) is 0 Å². The number of benzene rings is 2. The van der Waals surface area contributed by atoms with E-state index in [0.717, 1.165) is 29.0 Å². The predicted octanol–water partition coefficient (Wildman–Crippen LogP) is 4.19. The number of nitrogens with zero attached hydrogens (tertiary/aromatic N) is 1. The van der Waals surface area contributed by atoms with Crippen molar-refractivity contribution < 1.29 is 13.2 Å². The van der Waals surface area contributed by atoms with Crippen LogP contribution in [0.5, 0.6) is 0 Å². The van der Waals surface area contributed by atoms with Crippen molar-refractivity contribution in [3.05, 3.63) is 64.7 Å². The molecular weight excluding hydrogens is 396 g/mol. The highest BCUT2D eigenvalue weighted by atomic mass is 32.2. The second-order valence-electron chi connectivity index (χ2n) is 8.99. The maximum Gasteiger partial charge on any atom is 0.251 e. The molecule has 2 fully saturated rings. The Bertz CT molecular complexity index is 1050. The van der Waals surface area contributed by atoms with Gasteiger partial charge in [0, 0.05) is 11.6 Å². The van der Waals surface area contributed by atoms with E-state index in [4.69, 9.17) is 0 Å². The minimum atomic E-state index is -3.44. The maximum absolute atomic E-state index is 12.6. The molecule has 2 aromatic carbocycles. The Morgan fingerprint density at radius 2 is 1.77 bits per heavy atom. The van der Waals surface area contributed by atoms with Gasteiger partial charge < -0.3 is 5.32 Å². The summed E-state index contributed by atoms with van der Waals surface area (Å²) in [7, 11) is -3.44. The number of amides is 1. The average Bonchev–Trinajstić information content (AvgIpc) is 3.31. The molecule has 3 unspecified atom stereocenters. The van der Waals surface area contributed by atoms with Crippen LogP contribution in [0, 0.1) is 25.7 Å². The SMILES string of the molecule is Cc1ccc(N(Cc2ccc(C(=O)NC3CC4CCC3C4)cc2)S(C)(=O)=O)cc1C. The van der Waals surface area contributed by atoms with Gasteiger partial charge in [-0.05, 0) is 85.9 Å². The third-order valence-electron chi connectivity index (χ3n) is 6.78. The molecule has 4 rings (SSSR count). The predicted molar refractivity (Wildman–Crippen MR) is 120 cm³/mol. The molecule has 2 aromatic rings. The van der Waals surface area contributed by atoms with Crippen LogP contribution in [0.25, 0.3) is 0 Å². The van der Waals surface area contributed by atoms with Crippen LogP contribution in [0.1, 0.15) is 52.7 Å². The summed E-state index contributed by atoms with van der Waals surface area (Å²) in [6.07, 6.45) is 6.12. The van der Waals surface area contributed by atoms with Crippen LogP contribution >= 0.6 is 0 Å². The number of hydrogen-bond acceptors (Lipinski definition) is 3. The number of nitrogens with one attached hydrogen (secondary N) is 1. The molecule has 160 valence electrons. The van der Waals surface area contributed by atoms with Crippen molar-refractivity contribution in [2.75, 3.05) is 10.6 Å². The highest BCUT2D eigenvalue weighted by Gasteiger charge is 2.40. The number of fused-ring (bicyclic) bond motifs is 2. The second-order valence-corrected chi connectivity index (χ2v) is 10.9. The number of rotatable bonds is 6. The summed E-state index contributed by atoms with van der Waals surface area (Å²) in [5.41, 5.74) is 4.29. The monoisotopic (exact) mass is 426 g/mol. The summed E-state index contributed by atoms with van der Waals surface area (Å²) in [6, 6.07) is 13.2. The molecule has 6 heteroatoms. The van der Waals surface area contributed by atoms with Crippen LogP contribution in [0.15, 0.2) is 42.5 Å². The maximum atomic E-state index is 12.6. The molecule has 2 saturated carbocycles. The molecule has 0 aromatic heterocycles. The topological polar surface area (TPSA) is 66.5 Å². The zero-order chi connectivity index (χ0) is 21.5. The lowest BCUT2D eigenvalue weighted by atomic mass is 9.95. The summed E-state index contributed by atoms with van der Waals surface area (Å²) < 4.78 is 26.3. The van der Waals surface area contributed by atoms with Crippen LogP contribution < -0.4 is 9.62 Å². The molecule has 0 saturated heterocycles. The lowest BCUT2D eigenvalue weighted by Crippen LogP contribution is -2.38. The standard InChI is InChI=1S/C24H30N2O3S/c1-16-4-11-22(12-17(16)2)26(30(3,28)29)15-18-5-8-20(9-6-18)24(27)25-23-14-19-7-10-21(23)13-19/h4-6,8-9,11-12,19,21,23H,7,10,13-15H2,1-3H3,(H,25,27). The molecule has 1 amide bonds. The van der Waals surface area contributed by atoms with E-state index in [1.165, 1.54) is 29.8 Å². The first-order valence-corrected chi connectivity index (χ1v) is 12.5. The largest absolute Gasteiger partial charge is 0.349 e. The van der Waals surface area contributed by atoms with Crippen molar-refractivity contribution in [2.24, 2.45) is 11.8 Å². The molecule has 3 atom stereocenters. The zero-order valence-electron chi connectivity index (χ0n) is 17.9. The summed E-state index contributed by atoms with van der Waals surface area (Å²) in [5, 5.41) is 3.20. The average molecular weight is 427 g/mol. The first-order valence-electron chi connectivity index (χ1n) is 10.7. The quantitative estimate of drug-likeness (QED) is 0.753. The number of hydrogen-bond donors (Lipinski definition) is 1. The minimum absolute atomic E-state index is 0.0340. The fourth-order valence-corrected chi connectivity index (χ4v) is 5.76. The Morgan fingerprint density at radius 1 is 1.03 bits per heavy atom. The molecule has 0 spiro atoms. The van der Waals surface area contributed by atoms with Gasteiger partial charge in [0.05, 0.1) is 18.5 Å². The Hall–Kier alpha value is -2.34. The molecule has 30 heavy (non-hydrogen) atoms. The molecule has 0 aliphatic heterocycles. The van der Waals surface area contributed by atoms with E-state index in [2.05, 4.69) is 5.32 Å². The van der Waals surface area contributed by atoms with E-state index >= 15 is 0 Å². The van der Waals surface area contributed by atoms with Gasteiger partial charge in [0.1, 0.15) is 0 Å². The van der Waals surface area contributed by atoms with E-state index in [9.17, 15) is 13.2 Å². The van der Waals surface area contributed by atoms with E-state index in [1.807, 2.05) is 44.2 Å². The van der Waals surface area contributed by atoms with E-state index in [1.54, 1.807) is 12.1 Å². The first-order chi connectivity index (χ1) is 14.2. The van der Waals surface area contributed by atoms with Gasteiger partial charge in [0.25, 0.3) is 5.91 Å². The van der Waals surface area contributed by atoms with E-state index in [0.29, 0.717) is 23.2 Å². The molecule has 2 aliphatic rings. The van der Waals surface area contributed by atoms with Gasteiger partial charge in [-0.2, -0.15) is 0 Å². The third kappa shape index (κ3) is 4.38. The summed E-state index contributed by atoms with van der Waals surface area (Å²) >= 11 is 0. The van der Waals surface area contributed by atoms with Crippen molar-refractivity contribution in [1.82, 2.24) is 5.32 Å². The highest BCUT2D eigenvalue weighted by Crippen LogP contribution is 2.44. The normalized spacial score (nSPS) is 22.8. The fraction of sp³-hybridized carbons (Fsp3) is 0.458. The van der Waals surface area contributed by atoms with Crippen molar-refractivity contribution in [1.29, 1.82) is 0 Å². The van der Waals surface area contributed by atoms with Crippen LogP contribution in [-0.4, -0.2) is 26.6 Å². The zero-order valence-corrected chi connectivity index (χ0v) is 18.7. The lowest BCUT2D eigenvalue weighted by Gasteiger charge is -2.24. The number of aryl methyl sites for hydroxylation is 2. The second kappa shape index (κ2) is 8.06. The van der Waals surface area contributed by atoms with Gasteiger partial charge in [-0.3, -0.25) is 9.10 Å². The van der Waals surface area contributed by atoms with Gasteiger partial charge in [0.15, 0.2) is 0 Å². The molecule has 0 radical (unpaired) electrons. The number of anilines is 1. The molecule has 5 nitrogen and oxygen atoms in total. The van der Waals surface area contributed by atoms with Crippen LogP contribution in [0.4, 0.5) is 5.69 Å². The number of carbonyl (C=O) groups excluding carboxylic acids is 1. The van der Waals surface area contributed by atoms with Gasteiger partial charge in [-0.15, -0.1) is 0 Å². The van der Waals surface area contributed by atoms with Crippen molar-refractivity contribution >= 4 is 21.6 Å². The Kier molecular flexibility index (Phi) is 5.62. The Balaban J connectivity index is 1.47. The van der Waals surface area contributed by atoms with Crippen molar-refractivity contribution in [2.45, 2.75) is 52.1 Å². The minimum Gasteiger partial charge on any atom is -0.349 e. The van der Waals surface area contributed by atoms with Crippen molar-refractivity contribution in [3.63, 3.8) is 0 Å². The smallest absolute Gasteiger partial charge is 0.251 e. The van der Waals surface area contributed by atoms with Crippen LogP contribution in [0.3, 0.4) is 0 Å². The summed E-state index contributed by atoms with van der Waals surface area (Å²) in [5.74, 6) is 1.39. The molecule has 0 heterocycles. The highest BCUT2D eigenvalue weighted by molar-refractivity contribution is 7.92. The third-order valence-corrected chi connectivity index (χ3v) is 7.92. The number of sulfonamides is 1. The number of carbonyl (C=O) groups is 1. The van der Waals surface area contributed by atoms with E-state index in [-0.39, 0.29) is 12.5 Å². The van der Waals surface area contributed by atoms with E-state index < -0.39 is 10.0 Å². The Morgan fingerprint density at radius 3 is 2.33 bits per heavy atom. The van der Waals surface area contributed by atoms with Gasteiger partial charge in [0.2, 0.25) is 10.0 Å². The first kappa shape index (κ1) is 20.9. The molecular formula is C24H30N2O3S. The molecule has 1 N–H and O–H groups in total. The van der Waals surface area contributed by atoms with Crippen LogP contribution in [-0.2, 0) is 16.6 Å². The fourth-order valence-electron chi connectivity index (χ4n) is 4.88. The molecule has 2 aliphatic carbocycles. The molecule has 2 bridgehead atoms. The van der Waals surface area contributed by atoms with Gasteiger partial charge >= 0.3 is 0 Å². The summed E-state index contributed by atoms with van der Waals surface area (Å²) in [6.45, 7) is 4.21. The Labute approximate surface area is 179 Å². The van der Waals surface area contributed by atoms with Crippen LogP contribution in [0.2, 0.25) is 0 Å². The summed E-state index contributed by atoms with van der Waals surface area (Å²) in [4.78, 5) is 12.6. The van der Waals surface area contributed by atoms with Gasteiger partial charge in [-0.1, -0.05) is 24.6 Å². The van der Waals surface area contributed by atoms with Gasteiger partial charge in [-0.25, -0.2) is 8.42 Å². The lowest BCUT2D eigenvalue weighted by molar-refractivity contribution is 0.0923.